The molecule has 1 N–H and O–H groups in total. The molecular formula is C17H21NO2. The second kappa shape index (κ2) is 8.10. The maximum absolute atomic E-state index is 5.63. The van der Waals surface area contributed by atoms with Gasteiger partial charge in [-0.1, -0.05) is 25.1 Å². The average molecular weight is 271 g/mol. The Hall–Kier alpha value is -2.16. The van der Waals surface area contributed by atoms with E-state index >= 15 is 0 Å². The molecule has 0 saturated carbocycles. The number of para-hydroxylation sites is 1. The molecule has 0 aliphatic heterocycles. The molecule has 0 aliphatic rings. The highest BCUT2D eigenvalue weighted by Gasteiger charge is 1.96. The van der Waals surface area contributed by atoms with Gasteiger partial charge in [0.2, 0.25) is 0 Å². The average Bonchev–Trinajstić information content (AvgIpc) is 2.52. The van der Waals surface area contributed by atoms with Gasteiger partial charge in [0.05, 0.1) is 0 Å². The van der Waals surface area contributed by atoms with Crippen LogP contribution in [-0.2, 0) is 0 Å². The molecular weight excluding hydrogens is 250 g/mol. The molecule has 0 unspecified atom stereocenters. The highest BCUT2D eigenvalue weighted by atomic mass is 16.5. The van der Waals surface area contributed by atoms with Crippen LogP contribution in [0.5, 0.6) is 11.5 Å². The zero-order valence-electron chi connectivity index (χ0n) is 11.8. The van der Waals surface area contributed by atoms with Crippen molar-refractivity contribution in [3.8, 4) is 11.5 Å². The van der Waals surface area contributed by atoms with Crippen molar-refractivity contribution in [2.75, 3.05) is 25.1 Å². The first-order valence-corrected chi connectivity index (χ1v) is 7.03. The fraction of sp³-hybridized carbons (Fsp3) is 0.294. The lowest BCUT2D eigenvalue weighted by atomic mass is 10.3. The predicted octanol–water partition coefficient (Wildman–Crippen LogP) is 3.97. The van der Waals surface area contributed by atoms with Crippen molar-refractivity contribution < 1.29 is 9.47 Å². The highest BCUT2D eigenvalue weighted by molar-refractivity contribution is 5.46. The number of nitrogens with one attached hydrogen (secondary N) is 1. The standard InChI is InChI=1S/C17H21NO2/c1-2-12-18-15-8-10-17(11-9-15)20-14-13-19-16-6-4-3-5-7-16/h3-11,18H,2,12-14H2,1H3. The number of rotatable bonds is 8. The van der Waals surface area contributed by atoms with E-state index in [0.29, 0.717) is 13.2 Å². The van der Waals surface area contributed by atoms with Crippen molar-refractivity contribution in [3.05, 3.63) is 54.6 Å². The van der Waals surface area contributed by atoms with E-state index in [0.717, 1.165) is 30.2 Å². The van der Waals surface area contributed by atoms with E-state index in [1.807, 2.05) is 54.6 Å². The van der Waals surface area contributed by atoms with E-state index in [2.05, 4.69) is 12.2 Å². The fourth-order valence-corrected chi connectivity index (χ4v) is 1.77. The summed E-state index contributed by atoms with van der Waals surface area (Å²) < 4.78 is 11.2. The molecule has 0 amide bonds. The highest BCUT2D eigenvalue weighted by Crippen LogP contribution is 2.15. The van der Waals surface area contributed by atoms with Gasteiger partial charge in [0.15, 0.2) is 0 Å². The summed E-state index contributed by atoms with van der Waals surface area (Å²) in [6.07, 6.45) is 1.12. The van der Waals surface area contributed by atoms with Gasteiger partial charge in [0.1, 0.15) is 24.7 Å². The molecule has 20 heavy (non-hydrogen) atoms. The Morgan fingerprint density at radius 3 is 2.00 bits per heavy atom. The predicted molar refractivity (Wildman–Crippen MR) is 82.7 cm³/mol. The molecule has 106 valence electrons. The number of hydrogen-bond donors (Lipinski definition) is 1. The van der Waals surface area contributed by atoms with Crippen molar-refractivity contribution in [2.45, 2.75) is 13.3 Å². The summed E-state index contributed by atoms with van der Waals surface area (Å²) in [5.41, 5.74) is 1.12. The lowest BCUT2D eigenvalue weighted by Gasteiger charge is -2.09. The molecule has 0 radical (unpaired) electrons. The van der Waals surface area contributed by atoms with Crippen molar-refractivity contribution in [1.29, 1.82) is 0 Å². The zero-order chi connectivity index (χ0) is 14.0. The number of anilines is 1. The molecule has 2 aromatic carbocycles. The number of benzene rings is 2. The lowest BCUT2D eigenvalue weighted by molar-refractivity contribution is 0.217. The second-order valence-corrected chi connectivity index (χ2v) is 4.46. The van der Waals surface area contributed by atoms with Crippen LogP contribution in [-0.4, -0.2) is 19.8 Å². The van der Waals surface area contributed by atoms with Crippen LogP contribution in [0.15, 0.2) is 54.6 Å². The SMILES string of the molecule is CCCNc1ccc(OCCOc2ccccc2)cc1. The Kier molecular flexibility index (Phi) is 5.77. The van der Waals surface area contributed by atoms with Gasteiger partial charge in [0, 0.05) is 12.2 Å². The van der Waals surface area contributed by atoms with Crippen molar-refractivity contribution in [1.82, 2.24) is 0 Å². The first-order valence-electron chi connectivity index (χ1n) is 7.03. The fourth-order valence-electron chi connectivity index (χ4n) is 1.77. The van der Waals surface area contributed by atoms with Crippen LogP contribution in [0.2, 0.25) is 0 Å². The Balaban J connectivity index is 1.69. The zero-order valence-corrected chi connectivity index (χ0v) is 11.8. The minimum Gasteiger partial charge on any atom is -0.490 e. The molecule has 0 aliphatic carbocycles. The third-order valence-corrected chi connectivity index (χ3v) is 2.80. The minimum absolute atomic E-state index is 0.538. The van der Waals surface area contributed by atoms with Gasteiger partial charge in [0.25, 0.3) is 0 Å². The van der Waals surface area contributed by atoms with Crippen molar-refractivity contribution >= 4 is 5.69 Å². The van der Waals surface area contributed by atoms with E-state index in [1.165, 1.54) is 0 Å². The monoisotopic (exact) mass is 271 g/mol. The normalized spacial score (nSPS) is 10.1. The van der Waals surface area contributed by atoms with Crippen molar-refractivity contribution in [2.24, 2.45) is 0 Å². The van der Waals surface area contributed by atoms with Crippen LogP contribution in [0.1, 0.15) is 13.3 Å². The Morgan fingerprint density at radius 1 is 0.800 bits per heavy atom. The summed E-state index contributed by atoms with van der Waals surface area (Å²) in [6, 6.07) is 17.8. The van der Waals surface area contributed by atoms with Gasteiger partial charge in [-0.25, -0.2) is 0 Å². The Morgan fingerprint density at radius 2 is 1.40 bits per heavy atom. The summed E-state index contributed by atoms with van der Waals surface area (Å²) >= 11 is 0. The molecule has 0 bridgehead atoms. The second-order valence-electron chi connectivity index (χ2n) is 4.46. The molecule has 3 heteroatoms. The van der Waals surface area contributed by atoms with Crippen molar-refractivity contribution in [3.63, 3.8) is 0 Å². The van der Waals surface area contributed by atoms with Gasteiger partial charge in [-0.2, -0.15) is 0 Å². The summed E-state index contributed by atoms with van der Waals surface area (Å²) in [7, 11) is 0. The van der Waals surface area contributed by atoms with E-state index in [4.69, 9.17) is 9.47 Å². The molecule has 0 heterocycles. The van der Waals surface area contributed by atoms with E-state index in [-0.39, 0.29) is 0 Å². The summed E-state index contributed by atoms with van der Waals surface area (Å²) in [5, 5.41) is 3.33. The van der Waals surface area contributed by atoms with Gasteiger partial charge < -0.3 is 14.8 Å². The molecule has 3 nitrogen and oxygen atoms in total. The molecule has 2 aromatic rings. The van der Waals surface area contributed by atoms with Crippen LogP contribution in [0.4, 0.5) is 5.69 Å². The number of ether oxygens (including phenoxy) is 2. The van der Waals surface area contributed by atoms with Gasteiger partial charge >= 0.3 is 0 Å². The maximum atomic E-state index is 5.63. The summed E-state index contributed by atoms with van der Waals surface area (Å²) in [4.78, 5) is 0. The topological polar surface area (TPSA) is 30.5 Å². The molecule has 0 aromatic heterocycles. The summed E-state index contributed by atoms with van der Waals surface area (Å²) in [5.74, 6) is 1.74. The first kappa shape index (κ1) is 14.3. The quantitative estimate of drug-likeness (QED) is 0.737. The van der Waals surface area contributed by atoms with Crippen LogP contribution >= 0.6 is 0 Å². The molecule has 2 rings (SSSR count). The van der Waals surface area contributed by atoms with Gasteiger partial charge in [-0.3, -0.25) is 0 Å². The maximum Gasteiger partial charge on any atom is 0.122 e. The van der Waals surface area contributed by atoms with E-state index in [1.54, 1.807) is 0 Å². The summed E-state index contributed by atoms with van der Waals surface area (Å²) in [6.45, 7) is 4.22. The number of hydrogen-bond acceptors (Lipinski definition) is 3. The van der Waals surface area contributed by atoms with Gasteiger partial charge in [-0.15, -0.1) is 0 Å². The van der Waals surface area contributed by atoms with Crippen LogP contribution in [0.25, 0.3) is 0 Å². The van der Waals surface area contributed by atoms with Gasteiger partial charge in [-0.05, 0) is 42.8 Å². The smallest absolute Gasteiger partial charge is 0.122 e. The molecule has 0 spiro atoms. The molecule has 0 saturated heterocycles. The largest absolute Gasteiger partial charge is 0.490 e. The Labute approximate surface area is 120 Å². The van der Waals surface area contributed by atoms with E-state index in [9.17, 15) is 0 Å². The third kappa shape index (κ3) is 4.84. The third-order valence-electron chi connectivity index (χ3n) is 2.80. The molecule has 0 atom stereocenters. The van der Waals surface area contributed by atoms with Crippen LogP contribution in [0.3, 0.4) is 0 Å². The molecule has 0 fully saturated rings. The minimum atomic E-state index is 0.538. The Bertz CT molecular complexity index is 482. The van der Waals surface area contributed by atoms with E-state index < -0.39 is 0 Å². The lowest BCUT2D eigenvalue weighted by Crippen LogP contribution is -2.09. The first-order chi connectivity index (χ1) is 9.88. The van der Waals surface area contributed by atoms with Crippen LogP contribution < -0.4 is 14.8 Å². The van der Waals surface area contributed by atoms with Crippen LogP contribution in [0, 0.1) is 0 Å².